The molecule has 0 bridgehead atoms. The minimum absolute atomic E-state index is 0.144. The van der Waals surface area contributed by atoms with Crippen molar-refractivity contribution in [3.05, 3.63) is 45.3 Å². The van der Waals surface area contributed by atoms with Crippen LogP contribution in [-0.4, -0.2) is 37.8 Å². The van der Waals surface area contributed by atoms with Gasteiger partial charge in [0.1, 0.15) is 5.00 Å². The van der Waals surface area contributed by atoms with Crippen molar-refractivity contribution < 1.29 is 14.3 Å². The zero-order valence-corrected chi connectivity index (χ0v) is 18.1. The molecule has 1 aromatic carbocycles. The van der Waals surface area contributed by atoms with Crippen LogP contribution in [0.15, 0.2) is 29.2 Å². The van der Waals surface area contributed by atoms with Crippen LogP contribution >= 0.6 is 34.7 Å². The maximum Gasteiger partial charge on any atom is 0.254 e. The van der Waals surface area contributed by atoms with Crippen LogP contribution in [0.2, 0.25) is 5.02 Å². The minimum atomic E-state index is -0.148. The van der Waals surface area contributed by atoms with Crippen LogP contribution in [0.4, 0.5) is 5.00 Å². The highest BCUT2D eigenvalue weighted by Crippen LogP contribution is 2.38. The molecule has 2 aromatic rings. The van der Waals surface area contributed by atoms with E-state index < -0.39 is 0 Å². The molecule has 1 aliphatic rings. The molecule has 0 saturated carbocycles. The van der Waals surface area contributed by atoms with Crippen molar-refractivity contribution in [2.45, 2.75) is 30.6 Å². The monoisotopic (exact) mass is 438 g/mol. The number of thiophene rings is 1. The number of anilines is 1. The molecule has 2 N–H and O–H groups in total. The molecular formula is C20H23ClN2O3S2. The third kappa shape index (κ3) is 5.29. The number of nitrogens with one attached hydrogen (secondary N) is 2. The largest absolute Gasteiger partial charge is 0.383 e. The maximum atomic E-state index is 12.7. The van der Waals surface area contributed by atoms with E-state index in [0.717, 1.165) is 36.1 Å². The molecule has 8 heteroatoms. The number of methoxy groups -OCH3 is 1. The van der Waals surface area contributed by atoms with Gasteiger partial charge in [0.2, 0.25) is 5.91 Å². The van der Waals surface area contributed by atoms with E-state index in [-0.39, 0.29) is 17.6 Å². The second-order valence-electron chi connectivity index (χ2n) is 6.43. The first-order valence-corrected chi connectivity index (χ1v) is 11.4. The first kappa shape index (κ1) is 21.2. The first-order valence-electron chi connectivity index (χ1n) is 9.19. The summed E-state index contributed by atoms with van der Waals surface area (Å²) in [4.78, 5) is 27.3. The van der Waals surface area contributed by atoms with Gasteiger partial charge in [-0.05, 0) is 43.4 Å². The SMILES string of the molecule is COCCNC(=O)c1c(NC(=O)CSc2ccccc2Cl)sc2c1CCCC2. The predicted octanol–water partition coefficient (Wildman–Crippen LogP) is 4.39. The number of hydrogen-bond donors (Lipinski definition) is 2. The number of rotatable bonds is 8. The molecule has 3 rings (SSSR count). The molecule has 0 radical (unpaired) electrons. The Morgan fingerprint density at radius 1 is 1.25 bits per heavy atom. The van der Waals surface area contributed by atoms with Gasteiger partial charge >= 0.3 is 0 Å². The number of hydrogen-bond acceptors (Lipinski definition) is 5. The molecule has 28 heavy (non-hydrogen) atoms. The lowest BCUT2D eigenvalue weighted by Crippen LogP contribution is -2.29. The zero-order valence-electron chi connectivity index (χ0n) is 15.7. The van der Waals surface area contributed by atoms with Crippen molar-refractivity contribution in [2.24, 2.45) is 0 Å². The number of carbonyl (C=O) groups excluding carboxylic acids is 2. The molecule has 5 nitrogen and oxygen atoms in total. The molecule has 0 saturated heterocycles. The smallest absolute Gasteiger partial charge is 0.254 e. The number of fused-ring (bicyclic) bond motifs is 1. The molecule has 0 fully saturated rings. The first-order chi connectivity index (χ1) is 13.6. The quantitative estimate of drug-likeness (QED) is 0.474. The third-order valence-corrected chi connectivity index (χ3v) is 7.16. The Kier molecular flexibility index (Phi) is 7.79. The minimum Gasteiger partial charge on any atom is -0.383 e. The van der Waals surface area contributed by atoms with E-state index in [1.54, 1.807) is 13.2 Å². The average molecular weight is 439 g/mol. The van der Waals surface area contributed by atoms with Gasteiger partial charge in [-0.25, -0.2) is 0 Å². The summed E-state index contributed by atoms with van der Waals surface area (Å²) in [6.07, 6.45) is 4.03. The number of thioether (sulfide) groups is 1. The topological polar surface area (TPSA) is 67.4 Å². The summed E-state index contributed by atoms with van der Waals surface area (Å²) >= 11 is 9.06. The van der Waals surface area contributed by atoms with E-state index in [1.807, 2.05) is 18.2 Å². The highest BCUT2D eigenvalue weighted by atomic mass is 35.5. The Hall–Kier alpha value is -1.54. The van der Waals surface area contributed by atoms with Crippen LogP contribution in [0, 0.1) is 0 Å². The van der Waals surface area contributed by atoms with Crippen LogP contribution in [0.5, 0.6) is 0 Å². The van der Waals surface area contributed by atoms with Gasteiger partial charge in [0, 0.05) is 23.4 Å². The van der Waals surface area contributed by atoms with Crippen molar-refractivity contribution in [3.63, 3.8) is 0 Å². The molecular weight excluding hydrogens is 416 g/mol. The average Bonchev–Trinajstić information content (AvgIpc) is 3.05. The zero-order chi connectivity index (χ0) is 19.9. The number of aryl methyl sites for hydroxylation is 1. The van der Waals surface area contributed by atoms with Gasteiger partial charge in [-0.1, -0.05) is 23.7 Å². The number of benzene rings is 1. The Morgan fingerprint density at radius 3 is 2.82 bits per heavy atom. The lowest BCUT2D eigenvalue weighted by molar-refractivity contribution is -0.113. The Morgan fingerprint density at radius 2 is 2.04 bits per heavy atom. The second kappa shape index (κ2) is 10.3. The van der Waals surface area contributed by atoms with E-state index in [1.165, 1.54) is 28.0 Å². The van der Waals surface area contributed by atoms with Gasteiger partial charge in [0.25, 0.3) is 5.91 Å². The highest BCUT2D eigenvalue weighted by molar-refractivity contribution is 8.00. The van der Waals surface area contributed by atoms with E-state index in [4.69, 9.17) is 16.3 Å². The summed E-state index contributed by atoms with van der Waals surface area (Å²) in [7, 11) is 1.60. The highest BCUT2D eigenvalue weighted by Gasteiger charge is 2.26. The van der Waals surface area contributed by atoms with Crippen molar-refractivity contribution in [2.75, 3.05) is 31.3 Å². The van der Waals surface area contributed by atoms with Gasteiger partial charge in [0.15, 0.2) is 0 Å². The van der Waals surface area contributed by atoms with E-state index >= 15 is 0 Å². The lowest BCUT2D eigenvalue weighted by Gasteiger charge is -2.13. The molecule has 1 aromatic heterocycles. The Labute approximate surface area is 178 Å². The maximum absolute atomic E-state index is 12.7. The van der Waals surface area contributed by atoms with Gasteiger partial charge in [-0.3, -0.25) is 9.59 Å². The Balaban J connectivity index is 1.71. The fourth-order valence-electron chi connectivity index (χ4n) is 3.12. The van der Waals surface area contributed by atoms with Crippen molar-refractivity contribution in [1.29, 1.82) is 0 Å². The van der Waals surface area contributed by atoms with E-state index in [9.17, 15) is 9.59 Å². The van der Waals surface area contributed by atoms with Crippen LogP contribution in [0.1, 0.15) is 33.6 Å². The summed E-state index contributed by atoms with van der Waals surface area (Å²) in [6, 6.07) is 7.44. The number of ether oxygens (including phenoxy) is 1. The van der Waals surface area contributed by atoms with Gasteiger partial charge < -0.3 is 15.4 Å². The predicted molar refractivity (Wildman–Crippen MR) is 116 cm³/mol. The summed E-state index contributed by atoms with van der Waals surface area (Å²) in [6.45, 7) is 0.893. The van der Waals surface area contributed by atoms with Crippen molar-refractivity contribution in [1.82, 2.24) is 5.32 Å². The second-order valence-corrected chi connectivity index (χ2v) is 8.96. The van der Waals surface area contributed by atoms with Crippen molar-refractivity contribution >= 4 is 51.5 Å². The molecule has 0 spiro atoms. The normalized spacial score (nSPS) is 13.1. The van der Waals surface area contributed by atoms with E-state index in [0.29, 0.717) is 28.7 Å². The van der Waals surface area contributed by atoms with Crippen LogP contribution < -0.4 is 10.6 Å². The molecule has 150 valence electrons. The van der Waals surface area contributed by atoms with E-state index in [2.05, 4.69) is 10.6 Å². The molecule has 2 amide bonds. The third-order valence-electron chi connectivity index (χ3n) is 4.44. The molecule has 0 atom stereocenters. The molecule has 1 heterocycles. The van der Waals surface area contributed by atoms with Crippen LogP contribution in [0.3, 0.4) is 0 Å². The van der Waals surface area contributed by atoms with Gasteiger partial charge in [0.05, 0.1) is 22.9 Å². The van der Waals surface area contributed by atoms with Crippen molar-refractivity contribution in [3.8, 4) is 0 Å². The van der Waals surface area contributed by atoms with Crippen LogP contribution in [0.25, 0.3) is 0 Å². The molecule has 0 unspecified atom stereocenters. The van der Waals surface area contributed by atoms with Gasteiger partial charge in [-0.15, -0.1) is 23.1 Å². The number of amides is 2. The summed E-state index contributed by atoms with van der Waals surface area (Å²) in [5.41, 5.74) is 1.70. The van der Waals surface area contributed by atoms with Gasteiger partial charge in [-0.2, -0.15) is 0 Å². The molecule has 1 aliphatic carbocycles. The molecule has 0 aliphatic heterocycles. The number of halogens is 1. The Bertz CT molecular complexity index is 854. The van der Waals surface area contributed by atoms with Crippen LogP contribution in [-0.2, 0) is 22.4 Å². The lowest BCUT2D eigenvalue weighted by atomic mass is 9.95. The summed E-state index contributed by atoms with van der Waals surface area (Å²) in [5, 5.41) is 7.11. The summed E-state index contributed by atoms with van der Waals surface area (Å²) in [5.74, 6) is -0.0585. The summed E-state index contributed by atoms with van der Waals surface area (Å²) < 4.78 is 5.01. The fourth-order valence-corrected chi connectivity index (χ4v) is 5.46. The fraction of sp³-hybridized carbons (Fsp3) is 0.400. The number of carbonyl (C=O) groups is 2. The standard InChI is InChI=1S/C20H23ClN2O3S2/c1-26-11-10-22-19(25)18-13-6-2-4-8-15(13)28-20(18)23-17(24)12-27-16-9-5-3-7-14(16)21/h3,5,7,9H,2,4,6,8,10-12H2,1H3,(H,22,25)(H,23,24).